The lowest BCUT2D eigenvalue weighted by Crippen LogP contribution is -2.48. The van der Waals surface area contributed by atoms with Gasteiger partial charge in [-0.05, 0) is 67.3 Å². The van der Waals surface area contributed by atoms with Crippen LogP contribution >= 0.6 is 0 Å². The molecule has 6 nitrogen and oxygen atoms in total. The van der Waals surface area contributed by atoms with Crippen LogP contribution in [0.3, 0.4) is 0 Å². The zero-order chi connectivity index (χ0) is 22.9. The SMILES string of the molecule is COC(=O)[C@@H](NC(=O)c1ccc(C#CC=Cc2ccc(CNC3CC3)cc2)cc1)[C@@H](C)O. The van der Waals surface area contributed by atoms with Crippen LogP contribution in [0.25, 0.3) is 6.08 Å². The first-order valence-electron chi connectivity index (χ1n) is 10.6. The monoisotopic (exact) mass is 432 g/mol. The van der Waals surface area contributed by atoms with Crippen LogP contribution in [0.2, 0.25) is 0 Å². The van der Waals surface area contributed by atoms with Gasteiger partial charge in [0.25, 0.3) is 5.91 Å². The van der Waals surface area contributed by atoms with Crippen LogP contribution in [-0.2, 0) is 16.1 Å². The summed E-state index contributed by atoms with van der Waals surface area (Å²) in [5.74, 6) is 4.84. The van der Waals surface area contributed by atoms with E-state index in [0.717, 1.165) is 17.7 Å². The number of allylic oxidation sites excluding steroid dienone is 1. The molecular weight excluding hydrogens is 404 g/mol. The van der Waals surface area contributed by atoms with Crippen LogP contribution in [0.1, 0.15) is 46.8 Å². The normalized spacial score (nSPS) is 14.8. The Balaban J connectivity index is 1.53. The molecule has 3 N–H and O–H groups in total. The molecule has 3 rings (SSSR count). The van der Waals surface area contributed by atoms with Crippen molar-refractivity contribution in [3.8, 4) is 11.8 Å². The Kier molecular flexibility index (Phi) is 8.20. The molecule has 2 aromatic carbocycles. The van der Waals surface area contributed by atoms with Gasteiger partial charge in [0.15, 0.2) is 6.04 Å². The van der Waals surface area contributed by atoms with E-state index in [0.29, 0.717) is 11.6 Å². The van der Waals surface area contributed by atoms with Crippen LogP contribution in [0.5, 0.6) is 0 Å². The van der Waals surface area contributed by atoms with Gasteiger partial charge in [-0.3, -0.25) is 4.79 Å². The zero-order valence-corrected chi connectivity index (χ0v) is 18.3. The number of carbonyl (C=O) groups excluding carboxylic acids is 2. The van der Waals surface area contributed by atoms with Crippen molar-refractivity contribution >= 4 is 18.0 Å². The van der Waals surface area contributed by atoms with Crippen molar-refractivity contribution in [2.24, 2.45) is 0 Å². The quantitative estimate of drug-likeness (QED) is 0.441. The van der Waals surface area contributed by atoms with Crippen LogP contribution in [0.4, 0.5) is 0 Å². The first-order valence-corrected chi connectivity index (χ1v) is 10.6. The Morgan fingerprint density at radius 1 is 1.16 bits per heavy atom. The van der Waals surface area contributed by atoms with Crippen LogP contribution in [0.15, 0.2) is 54.6 Å². The highest BCUT2D eigenvalue weighted by molar-refractivity contribution is 5.97. The standard InChI is InChI=1S/C26H28N2O4/c1-18(29)24(26(31)32-2)28-25(30)22-13-11-20(12-14-22)6-4-3-5-19-7-9-21(10-8-19)17-27-23-15-16-23/h3,5,7-14,18,23-24,27,29H,15-17H2,1-2H3,(H,28,30)/t18-,24+/m1/s1. The third kappa shape index (κ3) is 7.09. The molecule has 1 amide bonds. The number of methoxy groups -OCH3 is 1. The van der Waals surface area contributed by atoms with Crippen molar-refractivity contribution in [1.29, 1.82) is 0 Å². The molecule has 6 heteroatoms. The summed E-state index contributed by atoms with van der Waals surface area (Å²) in [5, 5.41) is 15.7. The molecular formula is C26H28N2O4. The summed E-state index contributed by atoms with van der Waals surface area (Å²) in [6, 6.07) is 14.7. The lowest BCUT2D eigenvalue weighted by atomic mass is 10.1. The topological polar surface area (TPSA) is 87.7 Å². The summed E-state index contributed by atoms with van der Waals surface area (Å²) in [7, 11) is 1.20. The first-order chi connectivity index (χ1) is 15.5. The highest BCUT2D eigenvalue weighted by Gasteiger charge is 2.26. The second-order valence-electron chi connectivity index (χ2n) is 7.79. The number of hydrogen-bond acceptors (Lipinski definition) is 5. The van der Waals surface area contributed by atoms with Gasteiger partial charge in [0.2, 0.25) is 0 Å². The largest absolute Gasteiger partial charge is 0.467 e. The Morgan fingerprint density at radius 3 is 2.44 bits per heavy atom. The number of rotatable bonds is 8. The van der Waals surface area contributed by atoms with E-state index in [9.17, 15) is 14.7 Å². The Hall–Kier alpha value is -3.40. The highest BCUT2D eigenvalue weighted by Crippen LogP contribution is 2.19. The Morgan fingerprint density at radius 2 is 1.84 bits per heavy atom. The lowest BCUT2D eigenvalue weighted by molar-refractivity contribution is -0.145. The van der Waals surface area contributed by atoms with Crippen molar-refractivity contribution < 1.29 is 19.4 Å². The van der Waals surface area contributed by atoms with Gasteiger partial charge in [0, 0.05) is 23.7 Å². The predicted molar refractivity (Wildman–Crippen MR) is 124 cm³/mol. The maximum atomic E-state index is 12.3. The smallest absolute Gasteiger partial charge is 0.331 e. The molecule has 0 spiro atoms. The average Bonchev–Trinajstić information content (AvgIpc) is 3.64. The van der Waals surface area contributed by atoms with E-state index in [-0.39, 0.29) is 0 Å². The number of nitrogens with one attached hydrogen (secondary N) is 2. The van der Waals surface area contributed by atoms with Crippen molar-refractivity contribution in [2.45, 2.75) is 44.5 Å². The molecule has 0 heterocycles. The average molecular weight is 433 g/mol. The van der Waals surface area contributed by atoms with E-state index < -0.39 is 24.0 Å². The third-order valence-corrected chi connectivity index (χ3v) is 5.10. The van der Waals surface area contributed by atoms with E-state index >= 15 is 0 Å². The molecule has 0 radical (unpaired) electrons. The molecule has 2 atom stereocenters. The lowest BCUT2D eigenvalue weighted by Gasteiger charge is -2.18. The fraction of sp³-hybridized carbons (Fsp3) is 0.308. The minimum absolute atomic E-state index is 0.358. The zero-order valence-electron chi connectivity index (χ0n) is 18.3. The number of amides is 1. The summed E-state index contributed by atoms with van der Waals surface area (Å²) in [4.78, 5) is 24.0. The van der Waals surface area contributed by atoms with Gasteiger partial charge in [-0.1, -0.05) is 36.1 Å². The van der Waals surface area contributed by atoms with Crippen molar-refractivity contribution in [1.82, 2.24) is 10.6 Å². The number of ether oxygens (including phenoxy) is 1. The Labute approximate surface area is 188 Å². The van der Waals surface area contributed by atoms with Gasteiger partial charge in [-0.2, -0.15) is 0 Å². The van der Waals surface area contributed by atoms with E-state index in [4.69, 9.17) is 0 Å². The number of esters is 1. The molecule has 1 aliphatic carbocycles. The fourth-order valence-corrected chi connectivity index (χ4v) is 2.99. The predicted octanol–water partition coefficient (Wildman–Crippen LogP) is 2.66. The number of hydrogen-bond donors (Lipinski definition) is 3. The molecule has 0 unspecified atom stereocenters. The number of carbonyl (C=O) groups is 2. The van der Waals surface area contributed by atoms with Crippen LogP contribution in [0, 0.1) is 11.8 Å². The number of aliphatic hydroxyl groups excluding tert-OH is 1. The van der Waals surface area contributed by atoms with Gasteiger partial charge in [-0.25, -0.2) is 4.79 Å². The van der Waals surface area contributed by atoms with E-state index in [1.165, 1.54) is 32.4 Å². The molecule has 0 aliphatic heterocycles. The van der Waals surface area contributed by atoms with E-state index in [2.05, 4.69) is 51.5 Å². The number of benzene rings is 2. The minimum atomic E-state index is -1.12. The van der Waals surface area contributed by atoms with Gasteiger partial charge in [0.1, 0.15) is 0 Å². The van der Waals surface area contributed by atoms with E-state index in [1.807, 2.05) is 6.08 Å². The van der Waals surface area contributed by atoms with Crippen molar-refractivity contribution in [2.75, 3.05) is 7.11 Å². The molecule has 166 valence electrons. The maximum Gasteiger partial charge on any atom is 0.331 e. The van der Waals surface area contributed by atoms with Gasteiger partial charge in [0.05, 0.1) is 13.2 Å². The second-order valence-corrected chi connectivity index (χ2v) is 7.79. The molecule has 0 saturated heterocycles. The molecule has 0 bridgehead atoms. The van der Waals surface area contributed by atoms with Crippen molar-refractivity contribution in [3.05, 3.63) is 76.9 Å². The summed E-state index contributed by atoms with van der Waals surface area (Å²) in [5.41, 5.74) is 3.47. The Bertz CT molecular complexity index is 1010. The third-order valence-electron chi connectivity index (χ3n) is 5.10. The summed E-state index contributed by atoms with van der Waals surface area (Å²) in [6.07, 6.45) is 5.25. The summed E-state index contributed by atoms with van der Waals surface area (Å²) < 4.78 is 4.60. The van der Waals surface area contributed by atoms with Crippen LogP contribution < -0.4 is 10.6 Å². The minimum Gasteiger partial charge on any atom is -0.467 e. The number of aliphatic hydroxyl groups is 1. The second kappa shape index (κ2) is 11.3. The van der Waals surface area contributed by atoms with Gasteiger partial charge >= 0.3 is 5.97 Å². The van der Waals surface area contributed by atoms with Gasteiger partial charge in [-0.15, -0.1) is 0 Å². The molecule has 2 aromatic rings. The molecule has 1 fully saturated rings. The molecule has 0 aromatic heterocycles. The summed E-state index contributed by atoms with van der Waals surface area (Å²) in [6.45, 7) is 2.32. The molecule has 1 saturated carbocycles. The fourth-order valence-electron chi connectivity index (χ4n) is 2.99. The summed E-state index contributed by atoms with van der Waals surface area (Å²) >= 11 is 0. The molecule has 1 aliphatic rings. The van der Waals surface area contributed by atoms with Gasteiger partial charge < -0.3 is 20.5 Å². The maximum absolute atomic E-state index is 12.3. The molecule has 32 heavy (non-hydrogen) atoms. The first kappa shape index (κ1) is 23.3. The highest BCUT2D eigenvalue weighted by atomic mass is 16.5. The van der Waals surface area contributed by atoms with Crippen LogP contribution in [-0.4, -0.2) is 42.3 Å². The van der Waals surface area contributed by atoms with E-state index in [1.54, 1.807) is 30.3 Å². The van der Waals surface area contributed by atoms with Crippen molar-refractivity contribution in [3.63, 3.8) is 0 Å².